The highest BCUT2D eigenvalue weighted by molar-refractivity contribution is 9.12. The fraction of sp³-hybridized carbons (Fsp3) is 0.636. The third kappa shape index (κ3) is 2.44. The minimum Gasteiger partial charge on any atom is -0.393 e. The topological polar surface area (TPSA) is 57.6 Å². The first-order valence-electron chi connectivity index (χ1n) is 6.06. The molecule has 2 unspecified atom stereocenters. The zero-order chi connectivity index (χ0) is 13.8. The molecule has 19 heavy (non-hydrogen) atoms. The molecule has 2 aliphatic rings. The van der Waals surface area contributed by atoms with Crippen molar-refractivity contribution in [2.75, 3.05) is 0 Å². The molecule has 8 heteroatoms. The first kappa shape index (κ1) is 14.5. The van der Waals surface area contributed by atoms with E-state index in [1.165, 1.54) is 11.3 Å². The third-order valence-corrected chi connectivity index (χ3v) is 8.58. The van der Waals surface area contributed by atoms with Crippen molar-refractivity contribution < 1.29 is 13.5 Å². The molecular weight excluding hydrogens is 418 g/mol. The first-order valence-corrected chi connectivity index (χ1v) is 9.90. The largest absolute Gasteiger partial charge is 0.393 e. The Hall–Kier alpha value is 0.530. The van der Waals surface area contributed by atoms with Crippen LogP contribution in [0.25, 0.3) is 0 Å². The SMILES string of the molecule is O=S(=O)(c1cc(Br)sc1Br)N1C2CCC1CC(O)C2. The molecule has 3 heterocycles. The molecule has 1 aromatic rings. The standard InChI is InChI=1S/C11H13Br2NO3S2/c12-10-5-9(11(13)18-10)19(16,17)14-6-1-2-7(14)4-8(15)3-6/h5-8,15H,1-4H2. The van der Waals surface area contributed by atoms with Gasteiger partial charge in [-0.1, -0.05) is 0 Å². The van der Waals surface area contributed by atoms with Crippen molar-refractivity contribution in [3.63, 3.8) is 0 Å². The molecule has 0 spiro atoms. The molecule has 2 atom stereocenters. The maximum Gasteiger partial charge on any atom is 0.245 e. The van der Waals surface area contributed by atoms with Crippen LogP contribution in [0.4, 0.5) is 0 Å². The average Bonchev–Trinajstić information content (AvgIpc) is 2.78. The second kappa shape index (κ2) is 5.06. The number of nitrogens with zero attached hydrogens (tertiary/aromatic N) is 1. The Kier molecular flexibility index (Phi) is 3.86. The highest BCUT2D eigenvalue weighted by Gasteiger charge is 2.47. The highest BCUT2D eigenvalue weighted by atomic mass is 79.9. The molecular formula is C11H13Br2NO3S2. The molecule has 4 nitrogen and oxygen atoms in total. The van der Waals surface area contributed by atoms with Gasteiger partial charge in [0, 0.05) is 12.1 Å². The van der Waals surface area contributed by atoms with Crippen LogP contribution in [0.15, 0.2) is 18.5 Å². The number of piperidine rings is 1. The van der Waals surface area contributed by atoms with Gasteiger partial charge in [-0.3, -0.25) is 0 Å². The Bertz CT molecular complexity index is 587. The van der Waals surface area contributed by atoms with E-state index < -0.39 is 10.0 Å². The summed E-state index contributed by atoms with van der Waals surface area (Å²) < 4.78 is 28.6. The molecule has 2 fully saturated rings. The third-order valence-electron chi connectivity index (χ3n) is 3.82. The number of hydrogen-bond acceptors (Lipinski definition) is 4. The number of aliphatic hydroxyl groups is 1. The molecule has 3 rings (SSSR count). The Morgan fingerprint density at radius 3 is 2.32 bits per heavy atom. The maximum atomic E-state index is 12.8. The van der Waals surface area contributed by atoms with Gasteiger partial charge in [-0.25, -0.2) is 8.42 Å². The normalized spacial score (nSPS) is 31.8. The lowest BCUT2D eigenvalue weighted by molar-refractivity contribution is 0.0768. The molecule has 0 aromatic carbocycles. The van der Waals surface area contributed by atoms with Gasteiger partial charge in [0.25, 0.3) is 0 Å². The second-order valence-corrected chi connectivity index (χ2v) is 10.6. The number of aliphatic hydroxyl groups excluding tert-OH is 1. The zero-order valence-corrected chi connectivity index (χ0v) is 14.7. The molecule has 2 saturated heterocycles. The van der Waals surface area contributed by atoms with Gasteiger partial charge in [0.1, 0.15) is 4.90 Å². The number of thiophene rings is 1. The number of sulfonamides is 1. The lowest BCUT2D eigenvalue weighted by atomic mass is 10.0. The van der Waals surface area contributed by atoms with Gasteiger partial charge in [-0.2, -0.15) is 4.31 Å². The van der Waals surface area contributed by atoms with E-state index in [0.717, 1.165) is 16.6 Å². The molecule has 0 saturated carbocycles. The molecule has 1 N–H and O–H groups in total. The van der Waals surface area contributed by atoms with Gasteiger partial charge in [0.2, 0.25) is 10.0 Å². The van der Waals surface area contributed by atoms with Crippen LogP contribution in [0.1, 0.15) is 25.7 Å². The summed E-state index contributed by atoms with van der Waals surface area (Å²) in [5, 5.41) is 9.77. The van der Waals surface area contributed by atoms with E-state index in [1.807, 2.05) is 0 Å². The van der Waals surface area contributed by atoms with E-state index >= 15 is 0 Å². The van der Waals surface area contributed by atoms with E-state index in [2.05, 4.69) is 31.9 Å². The Balaban J connectivity index is 2.00. The second-order valence-electron chi connectivity index (χ2n) is 5.03. The Morgan fingerprint density at radius 1 is 1.26 bits per heavy atom. The lowest BCUT2D eigenvalue weighted by Crippen LogP contribution is -2.47. The van der Waals surface area contributed by atoms with Gasteiger partial charge in [-0.05, 0) is 63.6 Å². The Morgan fingerprint density at radius 2 is 1.84 bits per heavy atom. The number of halogens is 2. The minimum absolute atomic E-state index is 0.0516. The molecule has 0 radical (unpaired) electrons. The van der Waals surface area contributed by atoms with E-state index in [4.69, 9.17) is 0 Å². The predicted molar refractivity (Wildman–Crippen MR) is 80.8 cm³/mol. The molecule has 0 amide bonds. The van der Waals surface area contributed by atoms with Crippen molar-refractivity contribution in [1.82, 2.24) is 4.31 Å². The quantitative estimate of drug-likeness (QED) is 0.784. The molecule has 2 bridgehead atoms. The van der Waals surface area contributed by atoms with Crippen LogP contribution < -0.4 is 0 Å². The summed E-state index contributed by atoms with van der Waals surface area (Å²) >= 11 is 8.01. The summed E-state index contributed by atoms with van der Waals surface area (Å²) in [4.78, 5) is 0.331. The monoisotopic (exact) mass is 429 g/mol. The molecule has 0 aliphatic carbocycles. The van der Waals surface area contributed by atoms with Crippen molar-refractivity contribution in [1.29, 1.82) is 0 Å². The highest BCUT2D eigenvalue weighted by Crippen LogP contribution is 2.43. The summed E-state index contributed by atoms with van der Waals surface area (Å²) in [6, 6.07) is 1.54. The van der Waals surface area contributed by atoms with Crippen molar-refractivity contribution in [2.45, 2.75) is 48.8 Å². The van der Waals surface area contributed by atoms with Gasteiger partial charge >= 0.3 is 0 Å². The molecule has 1 aromatic heterocycles. The van der Waals surface area contributed by atoms with E-state index in [-0.39, 0.29) is 18.2 Å². The Labute approximate surface area is 133 Å². The van der Waals surface area contributed by atoms with Crippen LogP contribution in [0.3, 0.4) is 0 Å². The summed E-state index contributed by atoms with van der Waals surface area (Å²) in [6.07, 6.45) is 2.45. The average molecular weight is 431 g/mol. The first-order chi connectivity index (χ1) is 8.89. The summed E-state index contributed by atoms with van der Waals surface area (Å²) in [6.45, 7) is 0. The summed E-state index contributed by atoms with van der Waals surface area (Å²) in [5.74, 6) is 0. The van der Waals surface area contributed by atoms with E-state index in [9.17, 15) is 13.5 Å². The maximum absolute atomic E-state index is 12.8. The van der Waals surface area contributed by atoms with Gasteiger partial charge in [-0.15, -0.1) is 11.3 Å². The van der Waals surface area contributed by atoms with Crippen molar-refractivity contribution in [3.8, 4) is 0 Å². The predicted octanol–water partition coefficient (Wildman–Crippen LogP) is 2.95. The van der Waals surface area contributed by atoms with Crippen molar-refractivity contribution in [3.05, 3.63) is 13.6 Å². The van der Waals surface area contributed by atoms with E-state index in [1.54, 1.807) is 10.4 Å². The van der Waals surface area contributed by atoms with Gasteiger partial charge < -0.3 is 5.11 Å². The molecule has 2 aliphatic heterocycles. The summed E-state index contributed by atoms with van der Waals surface area (Å²) in [7, 11) is -3.48. The fourth-order valence-electron chi connectivity index (χ4n) is 3.11. The van der Waals surface area contributed by atoms with Gasteiger partial charge in [0.15, 0.2) is 0 Å². The van der Waals surface area contributed by atoms with Crippen molar-refractivity contribution in [2.24, 2.45) is 0 Å². The van der Waals surface area contributed by atoms with Crippen LogP contribution in [0.2, 0.25) is 0 Å². The number of rotatable bonds is 2. The lowest BCUT2D eigenvalue weighted by Gasteiger charge is -2.35. The molecule has 106 valence electrons. The fourth-order valence-corrected chi connectivity index (χ4v) is 8.77. The van der Waals surface area contributed by atoms with E-state index in [0.29, 0.717) is 21.5 Å². The van der Waals surface area contributed by atoms with Crippen LogP contribution >= 0.6 is 43.2 Å². The van der Waals surface area contributed by atoms with Crippen LogP contribution in [0.5, 0.6) is 0 Å². The van der Waals surface area contributed by atoms with Crippen molar-refractivity contribution >= 4 is 53.2 Å². The number of hydrogen-bond donors (Lipinski definition) is 1. The smallest absolute Gasteiger partial charge is 0.245 e. The summed E-state index contributed by atoms with van der Waals surface area (Å²) in [5.41, 5.74) is 0. The van der Waals surface area contributed by atoms with Crippen LogP contribution in [0, 0.1) is 0 Å². The minimum atomic E-state index is -3.48. The zero-order valence-electron chi connectivity index (χ0n) is 9.92. The van der Waals surface area contributed by atoms with Crippen LogP contribution in [-0.4, -0.2) is 36.0 Å². The number of fused-ring (bicyclic) bond motifs is 2. The van der Waals surface area contributed by atoms with Gasteiger partial charge in [0.05, 0.1) is 13.7 Å². The van der Waals surface area contributed by atoms with Crippen LogP contribution in [-0.2, 0) is 10.0 Å².